The molecule has 1 atom stereocenters. The summed E-state index contributed by atoms with van der Waals surface area (Å²) in [5.74, 6) is -0.547. The van der Waals surface area contributed by atoms with Crippen molar-refractivity contribution in [3.63, 3.8) is 0 Å². The Morgan fingerprint density at radius 2 is 1.73 bits per heavy atom. The van der Waals surface area contributed by atoms with Crippen molar-refractivity contribution in [3.05, 3.63) is 12.7 Å². The first-order valence-corrected chi connectivity index (χ1v) is 10.2. The highest BCUT2D eigenvalue weighted by Crippen LogP contribution is 2.52. The molecule has 0 fully saturated rings. The van der Waals surface area contributed by atoms with Crippen molar-refractivity contribution in [1.82, 2.24) is 0 Å². The van der Waals surface area contributed by atoms with Crippen LogP contribution in [0.1, 0.15) is 33.6 Å². The van der Waals surface area contributed by atoms with E-state index in [1.165, 1.54) is 6.08 Å². The maximum Gasteiger partial charge on any atom is 0.396 e. The molecule has 128 valence electrons. The van der Waals surface area contributed by atoms with E-state index in [-0.39, 0.29) is 26.2 Å². The van der Waals surface area contributed by atoms with Crippen LogP contribution in [0.25, 0.3) is 0 Å². The van der Waals surface area contributed by atoms with E-state index in [0.717, 1.165) is 0 Å². The number of esters is 1. The summed E-state index contributed by atoms with van der Waals surface area (Å²) in [6.45, 7) is 8.93. The summed E-state index contributed by atoms with van der Waals surface area (Å²) in [5, 5.41) is 0. The van der Waals surface area contributed by atoms with Crippen molar-refractivity contribution in [3.8, 4) is 0 Å². The normalized spacial score (nSPS) is 14.2. The van der Waals surface area contributed by atoms with Gasteiger partial charge >= 0.3 is 13.6 Å². The van der Waals surface area contributed by atoms with E-state index >= 15 is 0 Å². The van der Waals surface area contributed by atoms with Gasteiger partial charge in [0.1, 0.15) is 0 Å². The first-order valence-electron chi connectivity index (χ1n) is 7.15. The minimum Gasteiger partial charge on any atom is -0.465 e. The molecule has 0 N–H and O–H groups in total. The van der Waals surface area contributed by atoms with Gasteiger partial charge in [-0.2, -0.15) is 0 Å². The van der Waals surface area contributed by atoms with E-state index in [2.05, 4.69) is 29.2 Å². The molecule has 0 heterocycles. The average molecular weight is 446 g/mol. The third kappa shape index (κ3) is 5.76. The minimum absolute atomic E-state index is 0.0792. The molecule has 1 unspecified atom stereocenters. The van der Waals surface area contributed by atoms with Crippen molar-refractivity contribution >= 4 is 41.7 Å². The number of hydrogen-bond donors (Lipinski definition) is 0. The van der Waals surface area contributed by atoms with Gasteiger partial charge in [0.05, 0.1) is 25.2 Å². The lowest BCUT2D eigenvalue weighted by molar-refractivity contribution is -0.154. The predicted octanol–water partition coefficient (Wildman–Crippen LogP) is 3.73. The highest BCUT2D eigenvalue weighted by atomic mass is 127. The number of carbonyl (C=O) groups excluding carboxylic acids is 2. The summed E-state index contributed by atoms with van der Waals surface area (Å²) in [6, 6.07) is 0. The van der Waals surface area contributed by atoms with Gasteiger partial charge in [0.15, 0.2) is 0 Å². The Morgan fingerprint density at radius 1 is 1.18 bits per heavy atom. The zero-order valence-electron chi connectivity index (χ0n) is 13.3. The zero-order valence-corrected chi connectivity index (χ0v) is 16.4. The monoisotopic (exact) mass is 446 g/mol. The first-order chi connectivity index (χ1) is 10.4. The van der Waals surface area contributed by atoms with E-state index in [9.17, 15) is 14.2 Å². The Morgan fingerprint density at radius 3 is 2.09 bits per heavy atom. The minimum atomic E-state index is -3.90. The van der Waals surface area contributed by atoms with Crippen molar-refractivity contribution in [2.24, 2.45) is 5.41 Å². The molecule has 0 aromatic carbocycles. The molecule has 0 saturated carbocycles. The number of hydrogen-bond acceptors (Lipinski definition) is 6. The molecule has 0 saturated heterocycles. The van der Waals surface area contributed by atoms with Crippen LogP contribution in [0.3, 0.4) is 0 Å². The van der Waals surface area contributed by atoms with Crippen LogP contribution < -0.4 is 0 Å². The number of ether oxygens (including phenoxy) is 1. The van der Waals surface area contributed by atoms with Crippen LogP contribution in [0.5, 0.6) is 0 Å². The smallest absolute Gasteiger partial charge is 0.396 e. The van der Waals surface area contributed by atoms with Crippen LogP contribution in [0.15, 0.2) is 12.7 Å². The molecule has 0 bridgehead atoms. The lowest BCUT2D eigenvalue weighted by Crippen LogP contribution is -2.34. The summed E-state index contributed by atoms with van der Waals surface area (Å²) in [7, 11) is -3.90. The van der Waals surface area contributed by atoms with Crippen molar-refractivity contribution in [2.75, 3.05) is 24.2 Å². The van der Waals surface area contributed by atoms with Crippen LogP contribution in [-0.2, 0) is 27.9 Å². The molecule has 6 nitrogen and oxygen atoms in total. The molecule has 0 aliphatic rings. The molecule has 0 amide bonds. The summed E-state index contributed by atoms with van der Waals surface area (Å²) in [4.78, 5) is 24.7. The second kappa shape index (κ2) is 10.5. The van der Waals surface area contributed by atoms with Gasteiger partial charge < -0.3 is 13.8 Å². The van der Waals surface area contributed by atoms with Gasteiger partial charge in [-0.05, 0) is 27.2 Å². The van der Waals surface area contributed by atoms with Gasteiger partial charge in [-0.25, -0.2) is 0 Å². The van der Waals surface area contributed by atoms with E-state index in [1.807, 2.05) is 0 Å². The number of carbonyl (C=O) groups is 2. The van der Waals surface area contributed by atoms with Crippen LogP contribution in [0.2, 0.25) is 0 Å². The van der Waals surface area contributed by atoms with E-state index in [4.69, 9.17) is 13.8 Å². The average Bonchev–Trinajstić information content (AvgIpc) is 2.47. The van der Waals surface area contributed by atoms with Gasteiger partial charge in [0.2, 0.25) is 5.52 Å². The van der Waals surface area contributed by atoms with Crippen molar-refractivity contribution < 1.29 is 27.9 Å². The molecule has 0 radical (unpaired) electrons. The maximum absolute atomic E-state index is 12.5. The van der Waals surface area contributed by atoms with Gasteiger partial charge in [-0.3, -0.25) is 14.2 Å². The zero-order chi connectivity index (χ0) is 17.2. The molecule has 0 aromatic heterocycles. The molecule has 8 heteroatoms. The van der Waals surface area contributed by atoms with Crippen LogP contribution in [0, 0.1) is 5.41 Å². The molecular formula is C14H24IO6P. The summed E-state index contributed by atoms with van der Waals surface area (Å²) in [5.41, 5.74) is -1.94. The SMILES string of the molecule is C=CC(CCI)(CC(=O)P(=O)(OCC)OCC)C(=O)OCC. The Bertz CT molecular complexity index is 429. The van der Waals surface area contributed by atoms with E-state index < -0.39 is 24.5 Å². The molecule has 0 aliphatic carbocycles. The molecule has 0 rings (SSSR count). The summed E-state index contributed by atoms with van der Waals surface area (Å²) in [6.07, 6.45) is 1.44. The third-order valence-corrected chi connectivity index (χ3v) is 5.49. The fourth-order valence-corrected chi connectivity index (χ4v) is 4.33. The largest absolute Gasteiger partial charge is 0.465 e. The molecule has 0 aromatic rings. The number of alkyl halides is 1. The molecule has 22 heavy (non-hydrogen) atoms. The molecular weight excluding hydrogens is 422 g/mol. The fourth-order valence-electron chi connectivity index (χ4n) is 1.85. The summed E-state index contributed by atoms with van der Waals surface area (Å²) >= 11 is 2.10. The van der Waals surface area contributed by atoms with Gasteiger partial charge in [0, 0.05) is 10.8 Å². The first kappa shape index (κ1) is 21.8. The molecule has 0 aliphatic heterocycles. The second-order valence-corrected chi connectivity index (χ2v) is 7.51. The Kier molecular flexibility index (Phi) is 10.4. The van der Waals surface area contributed by atoms with E-state index in [0.29, 0.717) is 10.8 Å². The Hall–Kier alpha value is -0.240. The highest BCUT2D eigenvalue weighted by molar-refractivity contribution is 14.1. The van der Waals surface area contributed by atoms with Crippen molar-refractivity contribution in [2.45, 2.75) is 33.6 Å². The quantitative estimate of drug-likeness (QED) is 0.150. The second-order valence-electron chi connectivity index (χ2n) is 4.42. The van der Waals surface area contributed by atoms with Crippen LogP contribution in [-0.4, -0.2) is 35.7 Å². The Labute approximate surface area is 145 Å². The van der Waals surface area contributed by atoms with Gasteiger partial charge in [-0.15, -0.1) is 6.58 Å². The number of halogens is 1. The van der Waals surface area contributed by atoms with Crippen LogP contribution >= 0.6 is 30.2 Å². The lowest BCUT2D eigenvalue weighted by Gasteiger charge is -2.28. The van der Waals surface area contributed by atoms with Crippen molar-refractivity contribution in [1.29, 1.82) is 0 Å². The standard InChI is InChI=1S/C14H24IO6P/c1-5-14(9-10-15,13(17)19-6-2)11-12(16)22(18,20-7-3)21-8-4/h5H,1,6-11H2,2-4H3. The highest BCUT2D eigenvalue weighted by Gasteiger charge is 2.44. The topological polar surface area (TPSA) is 78.9 Å². The van der Waals surface area contributed by atoms with Crippen LogP contribution in [0.4, 0.5) is 0 Å². The van der Waals surface area contributed by atoms with Gasteiger partial charge in [0.25, 0.3) is 0 Å². The third-order valence-electron chi connectivity index (χ3n) is 2.98. The molecule has 0 spiro atoms. The number of rotatable bonds is 12. The Balaban J connectivity index is 5.44. The fraction of sp³-hybridized carbons (Fsp3) is 0.714. The van der Waals surface area contributed by atoms with Gasteiger partial charge in [-0.1, -0.05) is 28.7 Å². The predicted molar refractivity (Wildman–Crippen MR) is 93.2 cm³/mol. The maximum atomic E-state index is 12.5. The lowest BCUT2D eigenvalue weighted by atomic mass is 9.82. The summed E-state index contributed by atoms with van der Waals surface area (Å²) < 4.78 is 28.2. The van der Waals surface area contributed by atoms with E-state index in [1.54, 1.807) is 20.8 Å².